The molecule has 0 aromatic heterocycles. The molecule has 1 fully saturated rings. The van der Waals surface area contributed by atoms with Gasteiger partial charge in [0.25, 0.3) is 0 Å². The molecule has 2 rings (SSSR count). The van der Waals surface area contributed by atoms with Gasteiger partial charge in [0.05, 0.1) is 31.1 Å². The van der Waals surface area contributed by atoms with E-state index in [2.05, 4.69) is 10.1 Å². The molecule has 0 saturated carbocycles. The minimum absolute atomic E-state index is 0.409. The molecule has 1 N–H and O–H groups in total. The van der Waals surface area contributed by atoms with Crippen LogP contribution in [0.15, 0.2) is 18.2 Å². The molecular formula is C15H22BNO5. The third-order valence-electron chi connectivity index (χ3n) is 4.17. The first-order chi connectivity index (χ1) is 10.2. The Morgan fingerprint density at radius 3 is 2.23 bits per heavy atom. The minimum atomic E-state index is -0.554. The maximum Gasteiger partial charge on any atom is 0.494 e. The van der Waals surface area contributed by atoms with Gasteiger partial charge in [-0.2, -0.15) is 0 Å². The molecule has 0 radical (unpaired) electrons. The number of benzene rings is 1. The predicted molar refractivity (Wildman–Crippen MR) is 84.7 cm³/mol. The highest BCUT2D eigenvalue weighted by Crippen LogP contribution is 2.37. The van der Waals surface area contributed by atoms with Crippen molar-refractivity contribution in [3.63, 3.8) is 0 Å². The second-order valence-corrected chi connectivity index (χ2v) is 6.16. The fourth-order valence-electron chi connectivity index (χ4n) is 2.10. The molecule has 1 saturated heterocycles. The van der Waals surface area contributed by atoms with Crippen LogP contribution in [0.3, 0.4) is 0 Å². The highest BCUT2D eigenvalue weighted by molar-refractivity contribution is 6.62. The molecule has 0 aliphatic carbocycles. The normalized spacial score (nSPS) is 18.9. The average molecular weight is 307 g/mol. The molecule has 0 atom stereocenters. The van der Waals surface area contributed by atoms with Gasteiger partial charge in [0.2, 0.25) is 0 Å². The van der Waals surface area contributed by atoms with Crippen molar-refractivity contribution < 1.29 is 23.6 Å². The fourth-order valence-corrected chi connectivity index (χ4v) is 2.10. The molecule has 6 nitrogen and oxygen atoms in total. The Balaban J connectivity index is 2.26. The summed E-state index contributed by atoms with van der Waals surface area (Å²) in [5.41, 5.74) is 0.530. The van der Waals surface area contributed by atoms with E-state index in [1.807, 2.05) is 33.8 Å². The van der Waals surface area contributed by atoms with Gasteiger partial charge in [-0.3, -0.25) is 5.32 Å². The Morgan fingerprint density at radius 1 is 1.14 bits per heavy atom. The predicted octanol–water partition coefficient (Wildman–Crippen LogP) is 2.17. The van der Waals surface area contributed by atoms with Crippen LogP contribution in [-0.4, -0.2) is 38.6 Å². The molecule has 0 unspecified atom stereocenters. The van der Waals surface area contributed by atoms with Gasteiger partial charge in [0, 0.05) is 0 Å². The van der Waals surface area contributed by atoms with Gasteiger partial charge in [0.15, 0.2) is 0 Å². The van der Waals surface area contributed by atoms with Crippen molar-refractivity contribution in [2.75, 3.05) is 19.5 Å². The van der Waals surface area contributed by atoms with E-state index in [1.165, 1.54) is 14.2 Å². The summed E-state index contributed by atoms with van der Waals surface area (Å²) >= 11 is 0. The molecule has 120 valence electrons. The summed E-state index contributed by atoms with van der Waals surface area (Å²) < 4.78 is 21.9. The zero-order chi connectivity index (χ0) is 16.5. The first-order valence-corrected chi connectivity index (χ1v) is 7.09. The molecule has 1 heterocycles. The Hall–Kier alpha value is -1.73. The van der Waals surface area contributed by atoms with E-state index in [4.69, 9.17) is 14.0 Å². The van der Waals surface area contributed by atoms with Crippen molar-refractivity contribution in [1.82, 2.24) is 0 Å². The van der Waals surface area contributed by atoms with Gasteiger partial charge >= 0.3 is 13.2 Å². The van der Waals surface area contributed by atoms with Crippen LogP contribution in [0.1, 0.15) is 27.7 Å². The molecule has 0 spiro atoms. The molecule has 1 amide bonds. The second kappa shape index (κ2) is 5.81. The lowest BCUT2D eigenvalue weighted by atomic mass is 9.79. The zero-order valence-corrected chi connectivity index (χ0v) is 13.9. The highest BCUT2D eigenvalue weighted by Gasteiger charge is 2.51. The molecule has 1 aromatic rings. The van der Waals surface area contributed by atoms with Crippen LogP contribution in [0.25, 0.3) is 0 Å². The van der Waals surface area contributed by atoms with E-state index < -0.39 is 24.4 Å². The summed E-state index contributed by atoms with van der Waals surface area (Å²) in [5.74, 6) is 0.512. The molecule has 1 aliphatic heterocycles. The number of hydrogen-bond donors (Lipinski definition) is 1. The molecule has 22 heavy (non-hydrogen) atoms. The van der Waals surface area contributed by atoms with E-state index in [1.54, 1.807) is 12.1 Å². The molecule has 0 bridgehead atoms. The van der Waals surface area contributed by atoms with Crippen LogP contribution in [0.5, 0.6) is 5.75 Å². The molecule has 7 heteroatoms. The Morgan fingerprint density at radius 2 is 1.73 bits per heavy atom. The summed E-state index contributed by atoms with van der Waals surface area (Å²) in [6, 6.07) is 5.35. The van der Waals surface area contributed by atoms with E-state index in [0.717, 1.165) is 5.46 Å². The molecule has 1 aliphatic rings. The standard InChI is InChI=1S/C15H22BNO5/c1-14(2)15(3,4)22-16(21-14)10-7-8-11(12(9-10)19-5)17-13(18)20-6/h7-9H,1-6H3,(H,17,18). The lowest BCUT2D eigenvalue weighted by Gasteiger charge is -2.32. The van der Waals surface area contributed by atoms with E-state index in [9.17, 15) is 4.79 Å². The van der Waals surface area contributed by atoms with E-state index >= 15 is 0 Å². The third-order valence-corrected chi connectivity index (χ3v) is 4.17. The van der Waals surface area contributed by atoms with Gasteiger partial charge in [-0.1, -0.05) is 6.07 Å². The Kier molecular flexibility index (Phi) is 4.40. The number of ether oxygens (including phenoxy) is 2. The van der Waals surface area contributed by atoms with E-state index in [0.29, 0.717) is 11.4 Å². The lowest BCUT2D eigenvalue weighted by Crippen LogP contribution is -2.41. The highest BCUT2D eigenvalue weighted by atomic mass is 16.7. The monoisotopic (exact) mass is 307 g/mol. The summed E-state index contributed by atoms with van der Waals surface area (Å²) in [6.07, 6.45) is -0.554. The first kappa shape index (κ1) is 16.6. The largest absolute Gasteiger partial charge is 0.495 e. The number of anilines is 1. The maximum absolute atomic E-state index is 11.3. The zero-order valence-electron chi connectivity index (χ0n) is 13.9. The summed E-state index contributed by atoms with van der Waals surface area (Å²) in [7, 11) is 2.36. The number of carbonyl (C=O) groups excluding carboxylic acids is 1. The number of hydrogen-bond acceptors (Lipinski definition) is 5. The Bertz CT molecular complexity index is 557. The SMILES string of the molecule is COC(=O)Nc1ccc(B2OC(C)(C)C(C)(C)O2)cc1OC. The van der Waals surface area contributed by atoms with Gasteiger partial charge < -0.3 is 18.8 Å². The number of methoxy groups -OCH3 is 2. The van der Waals surface area contributed by atoms with Crippen molar-refractivity contribution in [1.29, 1.82) is 0 Å². The number of rotatable bonds is 3. The van der Waals surface area contributed by atoms with Crippen LogP contribution >= 0.6 is 0 Å². The lowest BCUT2D eigenvalue weighted by molar-refractivity contribution is 0.00578. The van der Waals surface area contributed by atoms with Gasteiger partial charge in [-0.15, -0.1) is 0 Å². The van der Waals surface area contributed by atoms with Crippen LogP contribution in [0, 0.1) is 0 Å². The van der Waals surface area contributed by atoms with Crippen molar-refractivity contribution in [3.8, 4) is 5.75 Å². The van der Waals surface area contributed by atoms with Crippen LogP contribution in [-0.2, 0) is 14.0 Å². The number of nitrogens with one attached hydrogen (secondary N) is 1. The Labute approximate surface area is 131 Å². The van der Waals surface area contributed by atoms with Gasteiger partial charge in [0.1, 0.15) is 5.75 Å². The van der Waals surface area contributed by atoms with Gasteiger partial charge in [-0.25, -0.2) is 4.79 Å². The van der Waals surface area contributed by atoms with Gasteiger partial charge in [-0.05, 0) is 45.3 Å². The number of carbonyl (C=O) groups is 1. The molecule has 1 aromatic carbocycles. The molecular weight excluding hydrogens is 285 g/mol. The van der Waals surface area contributed by atoms with Crippen molar-refractivity contribution in [3.05, 3.63) is 18.2 Å². The smallest absolute Gasteiger partial charge is 0.494 e. The second-order valence-electron chi connectivity index (χ2n) is 6.16. The first-order valence-electron chi connectivity index (χ1n) is 7.09. The summed E-state index contributed by atoms with van der Waals surface area (Å²) in [4.78, 5) is 11.3. The van der Waals surface area contributed by atoms with E-state index in [-0.39, 0.29) is 0 Å². The quantitative estimate of drug-likeness (QED) is 0.867. The minimum Gasteiger partial charge on any atom is -0.495 e. The average Bonchev–Trinajstić information content (AvgIpc) is 2.67. The van der Waals surface area contributed by atoms with Crippen molar-refractivity contribution >= 4 is 24.4 Å². The maximum atomic E-state index is 11.3. The van der Waals surface area contributed by atoms with Crippen molar-refractivity contribution in [2.24, 2.45) is 0 Å². The van der Waals surface area contributed by atoms with Crippen LogP contribution < -0.4 is 15.5 Å². The van der Waals surface area contributed by atoms with Crippen LogP contribution in [0.2, 0.25) is 0 Å². The third kappa shape index (κ3) is 3.05. The fraction of sp³-hybridized carbons (Fsp3) is 0.533. The topological polar surface area (TPSA) is 66.0 Å². The number of amides is 1. The summed E-state index contributed by atoms with van der Waals surface area (Å²) in [5, 5.41) is 2.59. The van der Waals surface area contributed by atoms with Crippen LogP contribution in [0.4, 0.5) is 10.5 Å². The van der Waals surface area contributed by atoms with Crippen molar-refractivity contribution in [2.45, 2.75) is 38.9 Å². The summed E-state index contributed by atoms with van der Waals surface area (Å²) in [6.45, 7) is 7.99.